The van der Waals surface area contributed by atoms with E-state index in [1.54, 1.807) is 16.9 Å². The Morgan fingerprint density at radius 2 is 2.36 bits per heavy atom. The standard InChI is InChI=1S/C5H4IN5/c6-3-4-9-5(7)10-11(4)2-1-8-3/h1-2H,(H2,7,10). The first-order chi connectivity index (χ1) is 5.27. The molecule has 0 bridgehead atoms. The Hall–Kier alpha value is -0.920. The smallest absolute Gasteiger partial charge is 0.240 e. The monoisotopic (exact) mass is 261 g/mol. The third-order valence-corrected chi connectivity index (χ3v) is 1.99. The minimum absolute atomic E-state index is 0.274. The Labute approximate surface area is 75.8 Å². The van der Waals surface area contributed by atoms with Crippen LogP contribution in [-0.2, 0) is 0 Å². The number of halogens is 1. The van der Waals surface area contributed by atoms with Crippen molar-refractivity contribution in [1.29, 1.82) is 0 Å². The first kappa shape index (κ1) is 6.77. The Morgan fingerprint density at radius 3 is 3.09 bits per heavy atom. The van der Waals surface area contributed by atoms with E-state index in [1.165, 1.54) is 0 Å². The number of fused-ring (bicyclic) bond motifs is 1. The summed E-state index contributed by atoms with van der Waals surface area (Å²) in [7, 11) is 0. The van der Waals surface area contributed by atoms with Crippen molar-refractivity contribution in [2.75, 3.05) is 5.73 Å². The molecule has 0 aliphatic rings. The second-order valence-electron chi connectivity index (χ2n) is 1.96. The summed E-state index contributed by atoms with van der Waals surface area (Å²) in [6, 6.07) is 0. The normalized spacial score (nSPS) is 10.6. The summed E-state index contributed by atoms with van der Waals surface area (Å²) in [4.78, 5) is 8.00. The molecule has 5 nitrogen and oxygen atoms in total. The third kappa shape index (κ3) is 1.02. The molecule has 0 saturated carbocycles. The quantitative estimate of drug-likeness (QED) is 0.693. The van der Waals surface area contributed by atoms with E-state index in [1.807, 2.05) is 0 Å². The lowest BCUT2D eigenvalue weighted by Crippen LogP contribution is -1.91. The van der Waals surface area contributed by atoms with E-state index in [-0.39, 0.29) is 5.95 Å². The lowest BCUT2D eigenvalue weighted by molar-refractivity contribution is 0.945. The molecule has 0 atom stereocenters. The molecule has 2 N–H and O–H groups in total. The third-order valence-electron chi connectivity index (χ3n) is 1.23. The van der Waals surface area contributed by atoms with Crippen LogP contribution in [0.15, 0.2) is 12.4 Å². The van der Waals surface area contributed by atoms with Gasteiger partial charge < -0.3 is 5.73 Å². The maximum atomic E-state index is 5.39. The zero-order chi connectivity index (χ0) is 7.84. The van der Waals surface area contributed by atoms with Crippen molar-refractivity contribution >= 4 is 34.2 Å². The highest BCUT2D eigenvalue weighted by Gasteiger charge is 2.02. The zero-order valence-electron chi connectivity index (χ0n) is 5.40. The van der Waals surface area contributed by atoms with Gasteiger partial charge in [-0.3, -0.25) is 0 Å². The molecule has 0 unspecified atom stereocenters. The highest BCUT2D eigenvalue weighted by atomic mass is 127. The average molecular weight is 261 g/mol. The van der Waals surface area contributed by atoms with E-state index in [4.69, 9.17) is 5.73 Å². The van der Waals surface area contributed by atoms with Crippen LogP contribution in [0.3, 0.4) is 0 Å². The van der Waals surface area contributed by atoms with Gasteiger partial charge in [0, 0.05) is 12.4 Å². The second kappa shape index (κ2) is 2.29. The molecule has 0 fully saturated rings. The van der Waals surface area contributed by atoms with Crippen LogP contribution in [0.2, 0.25) is 0 Å². The molecule has 2 heterocycles. The molecular weight excluding hydrogens is 257 g/mol. The van der Waals surface area contributed by atoms with E-state index in [0.717, 1.165) is 3.70 Å². The molecule has 0 saturated heterocycles. The van der Waals surface area contributed by atoms with Crippen LogP contribution < -0.4 is 5.73 Å². The van der Waals surface area contributed by atoms with Gasteiger partial charge in [0.1, 0.15) is 3.70 Å². The fourth-order valence-electron chi connectivity index (χ4n) is 0.804. The van der Waals surface area contributed by atoms with E-state index >= 15 is 0 Å². The Kier molecular flexibility index (Phi) is 1.41. The van der Waals surface area contributed by atoms with E-state index in [9.17, 15) is 0 Å². The van der Waals surface area contributed by atoms with Crippen LogP contribution in [-0.4, -0.2) is 19.6 Å². The molecule has 2 aromatic heterocycles. The number of aromatic nitrogens is 4. The number of nitrogens with zero attached hydrogens (tertiary/aromatic N) is 4. The molecule has 2 rings (SSSR count). The van der Waals surface area contributed by atoms with Gasteiger partial charge in [0.25, 0.3) is 0 Å². The van der Waals surface area contributed by atoms with Crippen LogP contribution >= 0.6 is 22.6 Å². The number of nitrogens with two attached hydrogens (primary N) is 1. The molecule has 56 valence electrons. The molecule has 0 aliphatic heterocycles. The fraction of sp³-hybridized carbons (Fsp3) is 0. The summed E-state index contributed by atoms with van der Waals surface area (Å²) >= 11 is 2.08. The predicted molar refractivity (Wildman–Crippen MR) is 47.9 cm³/mol. The van der Waals surface area contributed by atoms with E-state index < -0.39 is 0 Å². The first-order valence-corrected chi connectivity index (χ1v) is 3.97. The number of rotatable bonds is 0. The maximum Gasteiger partial charge on any atom is 0.240 e. The van der Waals surface area contributed by atoms with Crippen molar-refractivity contribution in [2.24, 2.45) is 0 Å². The van der Waals surface area contributed by atoms with Crippen molar-refractivity contribution in [3.05, 3.63) is 16.1 Å². The molecule has 0 amide bonds. The molecule has 0 radical (unpaired) electrons. The van der Waals surface area contributed by atoms with Gasteiger partial charge in [-0.2, -0.15) is 4.98 Å². The van der Waals surface area contributed by atoms with Gasteiger partial charge >= 0.3 is 0 Å². The van der Waals surface area contributed by atoms with Gasteiger partial charge in [-0.25, -0.2) is 9.50 Å². The van der Waals surface area contributed by atoms with Gasteiger partial charge in [0.05, 0.1) is 0 Å². The minimum atomic E-state index is 0.274. The van der Waals surface area contributed by atoms with Crippen LogP contribution in [0.1, 0.15) is 0 Å². The summed E-state index contributed by atoms with van der Waals surface area (Å²) in [5.74, 6) is 0.274. The van der Waals surface area contributed by atoms with Gasteiger partial charge in [-0.15, -0.1) is 5.10 Å². The summed E-state index contributed by atoms with van der Waals surface area (Å²) in [5.41, 5.74) is 6.08. The summed E-state index contributed by atoms with van der Waals surface area (Å²) < 4.78 is 2.40. The van der Waals surface area contributed by atoms with Crippen molar-refractivity contribution in [3.8, 4) is 0 Å². The molecule has 11 heavy (non-hydrogen) atoms. The SMILES string of the molecule is Nc1nc2c(I)nccn2n1. The molecule has 6 heteroatoms. The van der Waals surface area contributed by atoms with Crippen LogP contribution in [0, 0.1) is 3.70 Å². The minimum Gasteiger partial charge on any atom is -0.366 e. The lowest BCUT2D eigenvalue weighted by Gasteiger charge is -1.89. The second-order valence-corrected chi connectivity index (χ2v) is 2.98. The largest absolute Gasteiger partial charge is 0.366 e. The maximum absolute atomic E-state index is 5.39. The number of anilines is 1. The summed E-state index contributed by atoms with van der Waals surface area (Å²) in [6.07, 6.45) is 3.36. The molecular formula is C5H4IN5. The first-order valence-electron chi connectivity index (χ1n) is 2.90. The number of hydrogen-bond acceptors (Lipinski definition) is 4. The van der Waals surface area contributed by atoms with Crippen LogP contribution in [0.25, 0.3) is 5.65 Å². The molecule has 0 aliphatic carbocycles. The zero-order valence-corrected chi connectivity index (χ0v) is 7.56. The lowest BCUT2D eigenvalue weighted by atomic mass is 10.7. The van der Waals surface area contributed by atoms with Crippen molar-refractivity contribution < 1.29 is 0 Å². The molecule has 0 spiro atoms. The van der Waals surface area contributed by atoms with Gasteiger partial charge in [-0.05, 0) is 22.6 Å². The predicted octanol–water partition coefficient (Wildman–Crippen LogP) is 0.311. The van der Waals surface area contributed by atoms with E-state index in [0.29, 0.717) is 5.65 Å². The van der Waals surface area contributed by atoms with Gasteiger partial charge in [0.2, 0.25) is 5.95 Å². The van der Waals surface area contributed by atoms with Crippen LogP contribution in [0.4, 0.5) is 5.95 Å². The fourth-order valence-corrected chi connectivity index (χ4v) is 1.33. The van der Waals surface area contributed by atoms with Crippen molar-refractivity contribution in [1.82, 2.24) is 19.6 Å². The average Bonchev–Trinajstić information content (AvgIpc) is 2.31. The van der Waals surface area contributed by atoms with Crippen LogP contribution in [0.5, 0.6) is 0 Å². The Bertz CT molecular complexity index is 395. The van der Waals surface area contributed by atoms with Crippen molar-refractivity contribution in [2.45, 2.75) is 0 Å². The Morgan fingerprint density at radius 1 is 1.55 bits per heavy atom. The van der Waals surface area contributed by atoms with Crippen molar-refractivity contribution in [3.63, 3.8) is 0 Å². The topological polar surface area (TPSA) is 69.1 Å². The Balaban J connectivity index is 2.90. The highest BCUT2D eigenvalue weighted by Crippen LogP contribution is 2.07. The van der Waals surface area contributed by atoms with Gasteiger partial charge in [0.15, 0.2) is 5.65 Å². The number of hydrogen-bond donors (Lipinski definition) is 1. The van der Waals surface area contributed by atoms with E-state index in [2.05, 4.69) is 37.7 Å². The molecule has 0 aromatic carbocycles. The summed E-state index contributed by atoms with van der Waals surface area (Å²) in [5, 5.41) is 3.91. The summed E-state index contributed by atoms with van der Waals surface area (Å²) in [6.45, 7) is 0. The highest BCUT2D eigenvalue weighted by molar-refractivity contribution is 14.1. The van der Waals surface area contributed by atoms with Gasteiger partial charge in [-0.1, -0.05) is 0 Å². The number of nitrogen functional groups attached to an aromatic ring is 1. The molecule has 2 aromatic rings.